The Labute approximate surface area is 216 Å². The average Bonchev–Trinajstić information content (AvgIpc) is 3.63. The van der Waals surface area contributed by atoms with Gasteiger partial charge in [0.05, 0.1) is 35.7 Å². The number of carbonyl (C=O) groups excluding carboxylic acids is 3. The van der Waals surface area contributed by atoms with Crippen molar-refractivity contribution in [1.29, 1.82) is 0 Å². The summed E-state index contributed by atoms with van der Waals surface area (Å²) < 4.78 is 16.1. The van der Waals surface area contributed by atoms with Crippen LogP contribution in [0.25, 0.3) is 5.69 Å². The van der Waals surface area contributed by atoms with Gasteiger partial charge in [0.25, 0.3) is 5.56 Å². The fourth-order valence-electron chi connectivity index (χ4n) is 4.16. The molecule has 1 heterocycles. The normalized spacial score (nSPS) is 18.1. The summed E-state index contributed by atoms with van der Waals surface area (Å²) in [4.78, 5) is 52.2. The Hall–Kier alpha value is -4.02. The maximum Gasteiger partial charge on any atom is 0.255 e. The predicted molar refractivity (Wildman–Crippen MR) is 136 cm³/mol. The zero-order valence-electron chi connectivity index (χ0n) is 19.7. The lowest BCUT2D eigenvalue weighted by Crippen LogP contribution is -2.32. The fourth-order valence-corrected chi connectivity index (χ4v) is 4.28. The van der Waals surface area contributed by atoms with Gasteiger partial charge in [-0.15, -0.1) is 0 Å². The topological polar surface area (TPSA) is 121 Å². The van der Waals surface area contributed by atoms with Gasteiger partial charge in [-0.25, -0.2) is 4.39 Å². The van der Waals surface area contributed by atoms with Crippen molar-refractivity contribution in [3.8, 4) is 5.69 Å². The molecule has 1 aromatic heterocycles. The summed E-state index contributed by atoms with van der Waals surface area (Å²) in [6.45, 7) is -0.250. The van der Waals surface area contributed by atoms with Gasteiger partial charge in [0.2, 0.25) is 17.7 Å². The molecule has 0 saturated heterocycles. The Kier molecular flexibility index (Phi) is 7.70. The highest BCUT2D eigenvalue weighted by molar-refractivity contribution is 6.30. The Bertz CT molecular complexity index is 1390. The van der Waals surface area contributed by atoms with Crippen LogP contribution in [0.5, 0.6) is 0 Å². The van der Waals surface area contributed by atoms with E-state index in [9.17, 15) is 28.7 Å². The number of aliphatic hydroxyl groups is 1. The highest BCUT2D eigenvalue weighted by Gasteiger charge is 2.63. The van der Waals surface area contributed by atoms with Crippen molar-refractivity contribution in [2.45, 2.75) is 0 Å². The first-order valence-corrected chi connectivity index (χ1v) is 11.8. The van der Waals surface area contributed by atoms with Gasteiger partial charge in [0.15, 0.2) is 0 Å². The van der Waals surface area contributed by atoms with Gasteiger partial charge < -0.3 is 20.6 Å². The summed E-state index contributed by atoms with van der Waals surface area (Å²) in [5.41, 5.74) is 0.204. The van der Waals surface area contributed by atoms with E-state index in [1.807, 2.05) is 0 Å². The molecule has 0 radical (unpaired) electrons. The van der Waals surface area contributed by atoms with Crippen LogP contribution in [-0.4, -0.2) is 52.5 Å². The highest BCUT2D eigenvalue weighted by Crippen LogP contribution is 2.49. The maximum absolute atomic E-state index is 14.8. The molecule has 192 valence electrons. The quantitative estimate of drug-likeness (QED) is 0.416. The third-order valence-corrected chi connectivity index (χ3v) is 6.40. The first-order chi connectivity index (χ1) is 17.7. The van der Waals surface area contributed by atoms with Crippen molar-refractivity contribution < 1.29 is 23.9 Å². The van der Waals surface area contributed by atoms with Crippen molar-refractivity contribution in [3.63, 3.8) is 0 Å². The lowest BCUT2D eigenvalue weighted by molar-refractivity contribution is -0.134. The summed E-state index contributed by atoms with van der Waals surface area (Å²) in [5, 5.41) is 14.8. The van der Waals surface area contributed by atoms with Gasteiger partial charge in [-0.05, 0) is 42.5 Å². The molecule has 0 bridgehead atoms. The van der Waals surface area contributed by atoms with Crippen LogP contribution in [0.1, 0.15) is 0 Å². The van der Waals surface area contributed by atoms with Crippen molar-refractivity contribution in [3.05, 3.63) is 88.1 Å². The van der Waals surface area contributed by atoms with E-state index < -0.39 is 41.3 Å². The second kappa shape index (κ2) is 10.9. The number of amides is 3. The van der Waals surface area contributed by atoms with Crippen LogP contribution in [-0.2, 0) is 14.4 Å². The van der Waals surface area contributed by atoms with Crippen LogP contribution < -0.4 is 16.2 Å². The second-order valence-electron chi connectivity index (χ2n) is 8.62. The van der Waals surface area contributed by atoms with Gasteiger partial charge >= 0.3 is 0 Å². The molecule has 11 heteroatoms. The molecule has 1 aliphatic carbocycles. The molecular weight excluding hydrogens is 503 g/mol. The van der Waals surface area contributed by atoms with Gasteiger partial charge in [-0.3, -0.25) is 23.7 Å². The van der Waals surface area contributed by atoms with Crippen molar-refractivity contribution in [1.82, 2.24) is 9.47 Å². The van der Waals surface area contributed by atoms with E-state index in [4.69, 9.17) is 11.6 Å². The number of hydrogen-bond acceptors (Lipinski definition) is 5. The number of nitrogens with zero attached hydrogens (tertiary/aromatic N) is 2. The summed E-state index contributed by atoms with van der Waals surface area (Å²) in [6.07, 6.45) is 1.49. The van der Waals surface area contributed by atoms with Crippen LogP contribution in [0, 0.1) is 23.6 Å². The zero-order chi connectivity index (χ0) is 26.7. The zero-order valence-corrected chi connectivity index (χ0v) is 20.5. The standard InChI is InChI=1S/C26H24ClFN4O5/c1-31(12-13-33)26(37)23-21(24(35)29-16-7-5-15(27)6-8-16)22(23)25(36)30-19-10-9-17(14-18(19)28)32-11-3-2-4-20(32)34/h2-11,14,21-23,33H,12-13H2,1H3,(H,29,35)(H,30,36)/t21-,22+,23?/m1/s1. The molecule has 1 fully saturated rings. The van der Waals surface area contributed by atoms with Crippen LogP contribution >= 0.6 is 11.6 Å². The van der Waals surface area contributed by atoms with E-state index in [1.54, 1.807) is 36.4 Å². The lowest BCUT2D eigenvalue weighted by Gasteiger charge is -2.15. The van der Waals surface area contributed by atoms with Crippen LogP contribution in [0.4, 0.5) is 15.8 Å². The molecule has 37 heavy (non-hydrogen) atoms. The third-order valence-electron chi connectivity index (χ3n) is 6.15. The number of rotatable bonds is 8. The van der Waals surface area contributed by atoms with Gasteiger partial charge in [0, 0.05) is 42.6 Å². The van der Waals surface area contributed by atoms with E-state index >= 15 is 0 Å². The number of pyridine rings is 1. The number of aliphatic hydroxyl groups excluding tert-OH is 1. The van der Waals surface area contributed by atoms with Crippen molar-refractivity contribution in [2.75, 3.05) is 30.8 Å². The minimum absolute atomic E-state index is 0.0319. The first kappa shape index (κ1) is 26.1. The maximum atomic E-state index is 14.8. The number of anilines is 2. The summed E-state index contributed by atoms with van der Waals surface area (Å²) in [7, 11) is 1.46. The largest absolute Gasteiger partial charge is 0.395 e. The van der Waals surface area contributed by atoms with Gasteiger partial charge in [0.1, 0.15) is 5.82 Å². The number of aromatic nitrogens is 1. The van der Waals surface area contributed by atoms with E-state index in [0.717, 1.165) is 6.07 Å². The number of likely N-dealkylation sites (N-methyl/N-ethyl adjacent to an activating group) is 1. The summed E-state index contributed by atoms with van der Waals surface area (Å²) in [6, 6.07) is 14.7. The molecular formula is C26H24ClFN4O5. The highest BCUT2D eigenvalue weighted by atomic mass is 35.5. The minimum atomic E-state index is -1.04. The smallest absolute Gasteiger partial charge is 0.255 e. The number of halogens is 2. The molecule has 1 aliphatic rings. The Morgan fingerprint density at radius 2 is 1.68 bits per heavy atom. The Morgan fingerprint density at radius 1 is 1.00 bits per heavy atom. The number of hydrogen-bond donors (Lipinski definition) is 3. The van der Waals surface area contributed by atoms with Crippen LogP contribution in [0.3, 0.4) is 0 Å². The monoisotopic (exact) mass is 526 g/mol. The molecule has 3 aromatic rings. The van der Waals surface area contributed by atoms with Crippen molar-refractivity contribution >= 4 is 40.7 Å². The SMILES string of the molecule is CN(CCO)C(=O)C1[C@@H](C(=O)Nc2ccc(-n3ccccc3=O)cc2F)[C@H]1C(=O)Nc1ccc(Cl)cc1. The molecule has 2 aromatic carbocycles. The second-order valence-corrected chi connectivity index (χ2v) is 9.06. The molecule has 3 amide bonds. The third kappa shape index (κ3) is 5.71. The van der Waals surface area contributed by atoms with Gasteiger partial charge in [-0.1, -0.05) is 17.7 Å². The fraction of sp³-hybridized carbons (Fsp3) is 0.231. The molecule has 3 N–H and O–H groups in total. The van der Waals surface area contributed by atoms with Crippen molar-refractivity contribution in [2.24, 2.45) is 17.8 Å². The van der Waals surface area contributed by atoms with E-state index in [-0.39, 0.29) is 30.1 Å². The number of carbonyl (C=O) groups is 3. The molecule has 1 saturated carbocycles. The molecule has 0 aliphatic heterocycles. The van der Waals surface area contributed by atoms with Gasteiger partial charge in [-0.2, -0.15) is 0 Å². The molecule has 4 rings (SSSR count). The number of benzene rings is 2. The molecule has 1 unspecified atom stereocenters. The van der Waals surface area contributed by atoms with E-state index in [2.05, 4.69) is 10.6 Å². The Balaban J connectivity index is 1.53. The lowest BCUT2D eigenvalue weighted by atomic mass is 10.2. The molecule has 3 atom stereocenters. The minimum Gasteiger partial charge on any atom is -0.395 e. The summed E-state index contributed by atoms with van der Waals surface area (Å²) >= 11 is 5.88. The Morgan fingerprint density at radius 3 is 2.30 bits per heavy atom. The summed E-state index contributed by atoms with van der Waals surface area (Å²) in [5.74, 6) is -5.53. The van der Waals surface area contributed by atoms with E-state index in [0.29, 0.717) is 10.7 Å². The number of nitrogens with one attached hydrogen (secondary N) is 2. The molecule has 9 nitrogen and oxygen atoms in total. The van der Waals surface area contributed by atoms with Crippen LogP contribution in [0.2, 0.25) is 5.02 Å². The first-order valence-electron chi connectivity index (χ1n) is 11.4. The average molecular weight is 527 g/mol. The predicted octanol–water partition coefficient (Wildman–Crippen LogP) is 2.52. The van der Waals surface area contributed by atoms with Crippen LogP contribution in [0.15, 0.2) is 71.7 Å². The molecule has 0 spiro atoms. The van der Waals surface area contributed by atoms with E-state index in [1.165, 1.54) is 40.9 Å².